The van der Waals surface area contributed by atoms with E-state index >= 15 is 0 Å². The van der Waals surface area contributed by atoms with Crippen LogP contribution in [-0.4, -0.2) is 17.0 Å². The van der Waals surface area contributed by atoms with E-state index < -0.39 is 11.9 Å². The lowest BCUT2D eigenvalue weighted by atomic mass is 10.2. The summed E-state index contributed by atoms with van der Waals surface area (Å²) in [5.41, 5.74) is -0.0531. The normalized spacial score (nSPS) is 9.14. The Hall–Kier alpha value is -2.10. The summed E-state index contributed by atoms with van der Waals surface area (Å²) in [6.45, 7) is 3.14. The third kappa shape index (κ3) is 2.20. The number of aromatic hydroxyl groups is 1. The van der Waals surface area contributed by atoms with Crippen molar-refractivity contribution in [2.24, 2.45) is 0 Å². The minimum Gasteiger partial charge on any atom is -0.507 e. The molecule has 0 fully saturated rings. The first-order chi connectivity index (χ1) is 6.65. The molecule has 0 saturated heterocycles. The Labute approximate surface area is 80.4 Å². The fraction of sp³-hybridized carbons (Fsp3) is 0. The summed E-state index contributed by atoms with van der Waals surface area (Å²) in [6, 6.07) is 5.79. The molecule has 4 heteroatoms. The van der Waals surface area contributed by atoms with Crippen LogP contribution in [0.1, 0.15) is 10.4 Å². The second kappa shape index (κ2) is 4.23. The van der Waals surface area contributed by atoms with Crippen LogP contribution < -0.4 is 0 Å². The first kappa shape index (κ1) is 9.98. The van der Waals surface area contributed by atoms with Gasteiger partial charge in [-0.25, -0.2) is 9.59 Å². The lowest BCUT2D eigenvalue weighted by Gasteiger charge is -2.01. The van der Waals surface area contributed by atoms with Crippen molar-refractivity contribution in [1.82, 2.24) is 0 Å². The average Bonchev–Trinajstić information content (AvgIpc) is 2.18. The van der Waals surface area contributed by atoms with Crippen molar-refractivity contribution in [3.8, 4) is 5.75 Å². The fourth-order valence-electron chi connectivity index (χ4n) is 0.834. The number of carbonyl (C=O) groups is 2. The molecule has 72 valence electrons. The summed E-state index contributed by atoms with van der Waals surface area (Å²) in [7, 11) is 0. The van der Waals surface area contributed by atoms with Gasteiger partial charge in [0.05, 0.1) is 0 Å². The summed E-state index contributed by atoms with van der Waals surface area (Å²) in [4.78, 5) is 21.8. The Morgan fingerprint density at radius 3 is 2.57 bits per heavy atom. The minimum atomic E-state index is -0.895. The predicted octanol–water partition coefficient (Wildman–Crippen LogP) is 1.26. The first-order valence-corrected chi connectivity index (χ1v) is 3.81. The lowest BCUT2D eigenvalue weighted by Crippen LogP contribution is -2.10. The highest BCUT2D eigenvalue weighted by Crippen LogP contribution is 2.16. The molecule has 0 saturated carbocycles. The van der Waals surface area contributed by atoms with Crippen LogP contribution in [0.5, 0.6) is 5.75 Å². The Bertz CT molecular complexity index is 381. The van der Waals surface area contributed by atoms with E-state index in [0.717, 1.165) is 6.08 Å². The van der Waals surface area contributed by atoms with Gasteiger partial charge in [0.1, 0.15) is 11.3 Å². The van der Waals surface area contributed by atoms with Crippen LogP contribution in [-0.2, 0) is 9.53 Å². The zero-order valence-electron chi connectivity index (χ0n) is 7.27. The highest BCUT2D eigenvalue weighted by molar-refractivity contribution is 6.01. The second-order valence-electron chi connectivity index (χ2n) is 2.43. The van der Waals surface area contributed by atoms with Crippen LogP contribution in [0, 0.1) is 0 Å². The fourth-order valence-corrected chi connectivity index (χ4v) is 0.834. The maximum Gasteiger partial charge on any atom is 0.349 e. The summed E-state index contributed by atoms with van der Waals surface area (Å²) in [5, 5.41) is 9.23. The zero-order valence-corrected chi connectivity index (χ0v) is 7.27. The van der Waals surface area contributed by atoms with Gasteiger partial charge < -0.3 is 9.84 Å². The molecule has 0 radical (unpaired) electrons. The maximum absolute atomic E-state index is 11.2. The molecule has 0 spiro atoms. The number of para-hydroxylation sites is 1. The van der Waals surface area contributed by atoms with Crippen LogP contribution in [0.25, 0.3) is 0 Å². The third-order valence-corrected chi connectivity index (χ3v) is 1.48. The highest BCUT2D eigenvalue weighted by Gasteiger charge is 2.13. The van der Waals surface area contributed by atoms with Crippen LogP contribution in [0.15, 0.2) is 36.9 Å². The van der Waals surface area contributed by atoms with Crippen LogP contribution >= 0.6 is 0 Å². The summed E-state index contributed by atoms with van der Waals surface area (Å²) in [6.07, 6.45) is 0.873. The van der Waals surface area contributed by atoms with Crippen LogP contribution in [0.4, 0.5) is 0 Å². The number of hydrogen-bond donors (Lipinski definition) is 1. The number of phenolic OH excluding ortho intramolecular Hbond substituents is 1. The van der Waals surface area contributed by atoms with Gasteiger partial charge in [0.15, 0.2) is 0 Å². The molecule has 1 aromatic rings. The molecule has 0 bridgehead atoms. The van der Waals surface area contributed by atoms with Crippen molar-refractivity contribution in [3.05, 3.63) is 42.5 Å². The van der Waals surface area contributed by atoms with Gasteiger partial charge >= 0.3 is 11.9 Å². The monoisotopic (exact) mass is 192 g/mol. The number of phenols is 1. The van der Waals surface area contributed by atoms with E-state index in [0.29, 0.717) is 0 Å². The SMILES string of the molecule is C=CC(=O)OC(=O)c1ccccc1O. The molecule has 0 atom stereocenters. The molecule has 1 rings (SSSR count). The van der Waals surface area contributed by atoms with Gasteiger partial charge in [0.25, 0.3) is 0 Å². The molecular weight excluding hydrogens is 184 g/mol. The third-order valence-electron chi connectivity index (χ3n) is 1.48. The van der Waals surface area contributed by atoms with Crippen molar-refractivity contribution in [2.75, 3.05) is 0 Å². The molecule has 1 aromatic carbocycles. The van der Waals surface area contributed by atoms with Gasteiger partial charge in [-0.3, -0.25) is 0 Å². The Balaban J connectivity index is 2.85. The van der Waals surface area contributed by atoms with Gasteiger partial charge in [-0.05, 0) is 12.1 Å². The van der Waals surface area contributed by atoms with E-state index in [4.69, 9.17) is 0 Å². The van der Waals surface area contributed by atoms with Crippen molar-refractivity contribution in [3.63, 3.8) is 0 Å². The van der Waals surface area contributed by atoms with E-state index in [9.17, 15) is 14.7 Å². The van der Waals surface area contributed by atoms with E-state index in [1.165, 1.54) is 12.1 Å². The predicted molar refractivity (Wildman–Crippen MR) is 48.7 cm³/mol. The average molecular weight is 192 g/mol. The van der Waals surface area contributed by atoms with Gasteiger partial charge in [-0.2, -0.15) is 0 Å². The summed E-state index contributed by atoms with van der Waals surface area (Å²) in [5.74, 6) is -1.97. The molecule has 0 aliphatic heterocycles. The van der Waals surface area contributed by atoms with Gasteiger partial charge in [-0.15, -0.1) is 0 Å². The quantitative estimate of drug-likeness (QED) is 0.435. The van der Waals surface area contributed by atoms with E-state index in [1.807, 2.05) is 0 Å². The standard InChI is InChI=1S/C10H8O4/c1-2-9(12)14-10(13)7-5-3-4-6-8(7)11/h2-6,11H,1H2. The first-order valence-electron chi connectivity index (χ1n) is 3.81. The van der Waals surface area contributed by atoms with Gasteiger partial charge in [0, 0.05) is 6.08 Å². The topological polar surface area (TPSA) is 63.6 Å². The molecule has 0 aromatic heterocycles. The van der Waals surface area contributed by atoms with E-state index in [-0.39, 0.29) is 11.3 Å². The van der Waals surface area contributed by atoms with Crippen molar-refractivity contribution >= 4 is 11.9 Å². The number of carbonyl (C=O) groups excluding carboxylic acids is 2. The van der Waals surface area contributed by atoms with Crippen molar-refractivity contribution in [1.29, 1.82) is 0 Å². The van der Waals surface area contributed by atoms with Crippen LogP contribution in [0.2, 0.25) is 0 Å². The molecule has 0 aliphatic carbocycles. The maximum atomic E-state index is 11.2. The van der Waals surface area contributed by atoms with Gasteiger partial charge in [0.2, 0.25) is 0 Å². The minimum absolute atomic E-state index is 0.0531. The molecule has 4 nitrogen and oxygen atoms in total. The van der Waals surface area contributed by atoms with E-state index in [2.05, 4.69) is 11.3 Å². The number of hydrogen-bond acceptors (Lipinski definition) is 4. The van der Waals surface area contributed by atoms with Crippen LogP contribution in [0.3, 0.4) is 0 Å². The molecule has 0 amide bonds. The number of rotatable bonds is 2. The molecule has 1 N–H and O–H groups in total. The Kier molecular flexibility index (Phi) is 3.01. The molecule has 0 unspecified atom stereocenters. The molecule has 0 aliphatic rings. The number of ether oxygens (including phenoxy) is 1. The van der Waals surface area contributed by atoms with Crippen molar-refractivity contribution < 1.29 is 19.4 Å². The Morgan fingerprint density at radius 2 is 2.00 bits per heavy atom. The number of benzene rings is 1. The lowest BCUT2D eigenvalue weighted by molar-refractivity contribution is -0.132. The van der Waals surface area contributed by atoms with E-state index in [1.54, 1.807) is 12.1 Å². The summed E-state index contributed by atoms with van der Waals surface area (Å²) < 4.78 is 4.31. The smallest absolute Gasteiger partial charge is 0.349 e. The molecular formula is C10H8O4. The van der Waals surface area contributed by atoms with Gasteiger partial charge in [-0.1, -0.05) is 18.7 Å². The summed E-state index contributed by atoms with van der Waals surface area (Å²) >= 11 is 0. The molecule has 14 heavy (non-hydrogen) atoms. The largest absolute Gasteiger partial charge is 0.507 e. The highest BCUT2D eigenvalue weighted by atomic mass is 16.6. The van der Waals surface area contributed by atoms with Crippen molar-refractivity contribution in [2.45, 2.75) is 0 Å². The second-order valence-corrected chi connectivity index (χ2v) is 2.43. The number of esters is 2. The molecule has 0 heterocycles. The zero-order chi connectivity index (χ0) is 10.6. The Morgan fingerprint density at radius 1 is 1.36 bits per heavy atom.